The Hall–Kier alpha value is -7.28. The Morgan fingerprint density at radius 3 is 1.37 bits per heavy atom. The fourth-order valence-electron chi connectivity index (χ4n) is 8.45. The molecule has 450 valence electrons. The number of carboxylic acid groups (broad SMARTS) is 1. The minimum atomic E-state index is -1.72. The van der Waals surface area contributed by atoms with E-state index in [4.69, 9.17) is 5.73 Å². The number of carbonyl (C=O) groups excluding carboxylic acids is 10. The van der Waals surface area contributed by atoms with Crippen LogP contribution in [0.1, 0.15) is 112 Å². The van der Waals surface area contributed by atoms with Gasteiger partial charge in [-0.1, -0.05) is 111 Å². The smallest absolute Gasteiger partial charge is 0.326 e. The van der Waals surface area contributed by atoms with Crippen LogP contribution in [0.15, 0.2) is 54.6 Å². The molecule has 25 heteroatoms. The molecule has 0 unspecified atom stereocenters. The van der Waals surface area contributed by atoms with Crippen LogP contribution in [0, 0.1) is 23.7 Å². The molecule has 0 aliphatic carbocycles. The van der Waals surface area contributed by atoms with E-state index in [0.717, 1.165) is 0 Å². The van der Waals surface area contributed by atoms with Crippen molar-refractivity contribution in [3.05, 3.63) is 65.7 Å². The monoisotopic (exact) mass is 1150 g/mol. The van der Waals surface area contributed by atoms with Gasteiger partial charge in [0.15, 0.2) is 0 Å². The van der Waals surface area contributed by atoms with Gasteiger partial charge in [0, 0.05) is 12.8 Å². The number of carbonyl (C=O) groups is 11. The second-order valence-electron chi connectivity index (χ2n) is 21.2. The number of phenols is 1. The second-order valence-corrected chi connectivity index (χ2v) is 22.2. The molecular formula is C56H86N10O14S. The van der Waals surface area contributed by atoms with Crippen LogP contribution in [0.25, 0.3) is 0 Å². The Bertz CT molecular complexity index is 2410. The third kappa shape index (κ3) is 24.5. The Morgan fingerprint density at radius 1 is 0.531 bits per heavy atom. The zero-order valence-electron chi connectivity index (χ0n) is 48.0. The summed E-state index contributed by atoms with van der Waals surface area (Å²) in [6.45, 7) is 15.0. The number of aliphatic carboxylic acids is 1. The molecule has 0 heterocycles. The van der Waals surface area contributed by atoms with Crippen molar-refractivity contribution in [2.24, 2.45) is 29.4 Å². The maximum atomic E-state index is 14.6. The highest BCUT2D eigenvalue weighted by atomic mass is 32.2. The van der Waals surface area contributed by atoms with Crippen LogP contribution in [-0.4, -0.2) is 153 Å². The van der Waals surface area contributed by atoms with Crippen molar-refractivity contribution in [2.45, 2.75) is 174 Å². The van der Waals surface area contributed by atoms with E-state index >= 15 is 0 Å². The minimum Gasteiger partial charge on any atom is -0.508 e. The lowest BCUT2D eigenvalue weighted by molar-refractivity contribution is -0.143. The van der Waals surface area contributed by atoms with Gasteiger partial charge in [0.1, 0.15) is 60.1 Å². The molecule has 14 N–H and O–H groups in total. The number of aliphatic hydroxyl groups is 1. The first-order valence-corrected chi connectivity index (χ1v) is 28.7. The number of rotatable bonds is 37. The van der Waals surface area contributed by atoms with E-state index in [9.17, 15) is 68.1 Å². The zero-order chi connectivity index (χ0) is 61.1. The summed E-state index contributed by atoms with van der Waals surface area (Å²) < 4.78 is 0. The van der Waals surface area contributed by atoms with Crippen LogP contribution < -0.4 is 53.6 Å². The molecule has 24 nitrogen and oxygen atoms in total. The molecule has 0 bridgehead atoms. The van der Waals surface area contributed by atoms with Gasteiger partial charge in [-0.2, -0.15) is 11.8 Å². The summed E-state index contributed by atoms with van der Waals surface area (Å²) in [7, 11) is 0. The molecule has 2 aromatic rings. The van der Waals surface area contributed by atoms with Crippen molar-refractivity contribution >= 4 is 77.3 Å². The third-order valence-corrected chi connectivity index (χ3v) is 14.1. The summed E-state index contributed by atoms with van der Waals surface area (Å²) in [4.78, 5) is 149. The lowest BCUT2D eigenvalue weighted by Crippen LogP contribution is -2.62. The SMILES string of the molecule is CC[C@H](C)[C@H](NC(=O)[C@H](CC(N)=O)NC(=O)[C@@H](NC(=O)[C@H](Cc1ccccc1)NC(=O)[C@H](Cc1ccc(O)cc1)NC(=O)[C@H](CCSC)NC=O)[C@@H](C)CC)C(=O)N[C@@H](CC(C)C)C(=O)N[C@H](C(=O)N[C@@H](CC(C)C)C(=O)O)[C@@H](C)O. The molecule has 0 aliphatic rings. The van der Waals surface area contributed by atoms with Gasteiger partial charge in [-0.05, 0) is 85.1 Å². The summed E-state index contributed by atoms with van der Waals surface area (Å²) in [6.07, 6.45) is 0.606. The highest BCUT2D eigenvalue weighted by Crippen LogP contribution is 2.17. The van der Waals surface area contributed by atoms with E-state index in [1.54, 1.807) is 97.9 Å². The van der Waals surface area contributed by atoms with Crippen LogP contribution in [-0.2, 0) is 65.6 Å². The van der Waals surface area contributed by atoms with Gasteiger partial charge in [-0.15, -0.1) is 0 Å². The molecule has 0 spiro atoms. The van der Waals surface area contributed by atoms with Crippen molar-refractivity contribution in [1.82, 2.24) is 47.9 Å². The third-order valence-electron chi connectivity index (χ3n) is 13.5. The Morgan fingerprint density at radius 2 is 0.926 bits per heavy atom. The number of amides is 10. The van der Waals surface area contributed by atoms with E-state index in [2.05, 4.69) is 47.9 Å². The van der Waals surface area contributed by atoms with Crippen molar-refractivity contribution in [3.8, 4) is 5.75 Å². The van der Waals surface area contributed by atoms with Crippen LogP contribution in [0.2, 0.25) is 0 Å². The van der Waals surface area contributed by atoms with Gasteiger partial charge in [0.25, 0.3) is 0 Å². The zero-order valence-corrected chi connectivity index (χ0v) is 48.9. The lowest BCUT2D eigenvalue weighted by Gasteiger charge is -2.31. The average Bonchev–Trinajstić information content (AvgIpc) is 3.40. The Kier molecular flexibility index (Phi) is 30.6. The number of carboxylic acids is 1. The van der Waals surface area contributed by atoms with Gasteiger partial charge in [0.05, 0.1) is 12.5 Å². The van der Waals surface area contributed by atoms with Gasteiger partial charge in [-0.25, -0.2) is 4.79 Å². The van der Waals surface area contributed by atoms with E-state index in [1.807, 2.05) is 6.26 Å². The highest BCUT2D eigenvalue weighted by molar-refractivity contribution is 7.98. The number of hydrogen-bond donors (Lipinski definition) is 13. The molecule has 0 aromatic heterocycles. The lowest BCUT2D eigenvalue weighted by atomic mass is 9.95. The Labute approximate surface area is 478 Å². The summed E-state index contributed by atoms with van der Waals surface area (Å²) in [5.41, 5.74) is 6.73. The number of benzene rings is 2. The summed E-state index contributed by atoms with van der Waals surface area (Å²) >= 11 is 1.44. The maximum Gasteiger partial charge on any atom is 0.326 e. The van der Waals surface area contributed by atoms with Crippen LogP contribution >= 0.6 is 11.8 Å². The summed E-state index contributed by atoms with van der Waals surface area (Å²) in [5, 5.41) is 53.4. The van der Waals surface area contributed by atoms with Crippen LogP contribution in [0.4, 0.5) is 0 Å². The van der Waals surface area contributed by atoms with Crippen LogP contribution in [0.5, 0.6) is 5.75 Å². The van der Waals surface area contributed by atoms with Crippen molar-refractivity contribution in [1.29, 1.82) is 0 Å². The quantitative estimate of drug-likeness (QED) is 0.0409. The Balaban J connectivity index is 2.51. The van der Waals surface area contributed by atoms with Gasteiger partial charge in [-0.3, -0.25) is 47.9 Å². The molecule has 0 saturated heterocycles. The topological polar surface area (TPSA) is 383 Å². The van der Waals surface area contributed by atoms with E-state index in [-0.39, 0.29) is 49.7 Å². The second kappa shape index (κ2) is 35.5. The molecule has 0 fully saturated rings. The number of thioether (sulfide) groups is 1. The highest BCUT2D eigenvalue weighted by Gasteiger charge is 2.38. The van der Waals surface area contributed by atoms with E-state index in [0.29, 0.717) is 36.1 Å². The fraction of sp³-hybridized carbons (Fsp3) is 0.589. The average molecular weight is 1160 g/mol. The first kappa shape index (κ1) is 69.8. The van der Waals surface area contributed by atoms with Crippen molar-refractivity contribution < 1.29 is 68.1 Å². The van der Waals surface area contributed by atoms with Gasteiger partial charge >= 0.3 is 5.97 Å². The predicted octanol–water partition coefficient (Wildman–Crippen LogP) is 0.449. The standard InChI is InChI=1S/C56H86N10O14S/c1-11-32(7)45(53(76)61-39(24-30(3)4)50(73)66-47(34(9)68)55(78)63-43(56(79)80)25-31(5)6)65-52(75)42(28-44(57)70)62-54(77)46(33(8)12-2)64-51(74)41(26-35-16-14-13-15-17-35)60-49(72)40(27-36-18-20-37(69)21-19-36)59-48(71)38(58-29-67)22-23-81-10/h13-21,29-34,38-43,45-47,68-69H,11-12,22-28H2,1-10H3,(H2,57,70)(H,58,67)(H,59,71)(H,60,72)(H,61,76)(H,62,77)(H,63,78)(H,64,74)(H,65,75)(H,66,73)(H,79,80)/t32-,33-,34+,38-,39-,40-,41-,42-,43-,45-,46-,47-/m0/s1. The molecule has 0 aliphatic heterocycles. The van der Waals surface area contributed by atoms with Gasteiger partial charge < -0.3 is 68.9 Å². The molecule has 12 atom stereocenters. The molecule has 2 aromatic carbocycles. The van der Waals surface area contributed by atoms with Crippen molar-refractivity contribution in [2.75, 3.05) is 12.0 Å². The number of nitrogens with two attached hydrogens (primary N) is 1. The number of aromatic hydroxyl groups is 1. The summed E-state index contributed by atoms with van der Waals surface area (Å²) in [5.74, 6) is -10.6. The van der Waals surface area contributed by atoms with Crippen molar-refractivity contribution in [3.63, 3.8) is 0 Å². The molecule has 10 amide bonds. The normalized spacial score (nSPS) is 15.7. The number of nitrogens with one attached hydrogen (secondary N) is 9. The first-order valence-electron chi connectivity index (χ1n) is 27.3. The van der Waals surface area contributed by atoms with Gasteiger partial charge in [0.2, 0.25) is 59.6 Å². The summed E-state index contributed by atoms with van der Waals surface area (Å²) in [6, 6.07) is 1.94. The molecular weight excluding hydrogens is 1070 g/mol. The number of phenolic OH excluding ortho intramolecular Hbond substituents is 1. The predicted molar refractivity (Wildman–Crippen MR) is 304 cm³/mol. The number of hydrogen-bond acceptors (Lipinski definition) is 14. The largest absolute Gasteiger partial charge is 0.508 e. The molecule has 0 saturated carbocycles. The maximum absolute atomic E-state index is 14.6. The first-order chi connectivity index (χ1) is 38.1. The minimum absolute atomic E-state index is 0.00696. The number of aliphatic hydroxyl groups excluding tert-OH is 1. The molecule has 0 radical (unpaired) electrons. The van der Waals surface area contributed by atoms with E-state index < -0.39 is 138 Å². The van der Waals surface area contributed by atoms with Crippen LogP contribution in [0.3, 0.4) is 0 Å². The fourth-order valence-corrected chi connectivity index (χ4v) is 8.92. The van der Waals surface area contributed by atoms with E-state index in [1.165, 1.54) is 30.8 Å². The molecule has 81 heavy (non-hydrogen) atoms. The molecule has 2 rings (SSSR count). The number of primary amides is 1.